The Morgan fingerprint density at radius 3 is 2.30 bits per heavy atom. The van der Waals surface area contributed by atoms with Crippen LogP contribution in [0.15, 0.2) is 42.5 Å². The Hall–Kier alpha value is -3.21. The number of benzene rings is 2. The SMILES string of the molecule is CC.COc1cc2c(cc1OC)-c1c(C(=O)O)c(Cc3ccccc3)c(C)n1CC2. The first-order valence-corrected chi connectivity index (χ1v) is 10.3. The smallest absolute Gasteiger partial charge is 0.338 e. The molecule has 3 aromatic rings. The van der Waals surface area contributed by atoms with Crippen LogP contribution in [0.1, 0.15) is 46.6 Å². The van der Waals surface area contributed by atoms with Crippen molar-refractivity contribution in [3.63, 3.8) is 0 Å². The van der Waals surface area contributed by atoms with Gasteiger partial charge in [0.25, 0.3) is 0 Å². The third-order valence-corrected chi connectivity index (χ3v) is 5.56. The summed E-state index contributed by atoms with van der Waals surface area (Å²) in [5.74, 6) is 0.374. The molecule has 0 spiro atoms. The van der Waals surface area contributed by atoms with E-state index in [2.05, 4.69) is 4.57 Å². The molecule has 0 saturated carbocycles. The van der Waals surface area contributed by atoms with Crippen molar-refractivity contribution in [3.8, 4) is 22.8 Å². The summed E-state index contributed by atoms with van der Waals surface area (Å²) >= 11 is 0. The summed E-state index contributed by atoms with van der Waals surface area (Å²) < 4.78 is 13.0. The Labute approximate surface area is 177 Å². The number of nitrogens with zero attached hydrogens (tertiary/aromatic N) is 1. The van der Waals surface area contributed by atoms with Crippen LogP contribution in [0, 0.1) is 6.92 Å². The Morgan fingerprint density at radius 2 is 1.70 bits per heavy atom. The quantitative estimate of drug-likeness (QED) is 0.619. The van der Waals surface area contributed by atoms with E-state index in [4.69, 9.17) is 9.47 Å². The minimum Gasteiger partial charge on any atom is -0.493 e. The molecule has 0 atom stereocenters. The fourth-order valence-corrected chi connectivity index (χ4v) is 4.18. The zero-order valence-corrected chi connectivity index (χ0v) is 18.3. The first-order chi connectivity index (χ1) is 14.5. The molecule has 30 heavy (non-hydrogen) atoms. The molecule has 1 aliphatic rings. The van der Waals surface area contributed by atoms with Crippen molar-refractivity contribution in [1.82, 2.24) is 4.57 Å². The topological polar surface area (TPSA) is 60.7 Å². The number of carboxylic acids is 1. The van der Waals surface area contributed by atoms with E-state index in [0.29, 0.717) is 23.5 Å². The number of hydrogen-bond donors (Lipinski definition) is 1. The highest BCUT2D eigenvalue weighted by Crippen LogP contribution is 2.42. The minimum absolute atomic E-state index is 0.384. The van der Waals surface area contributed by atoms with Crippen molar-refractivity contribution < 1.29 is 19.4 Å². The third-order valence-electron chi connectivity index (χ3n) is 5.56. The largest absolute Gasteiger partial charge is 0.493 e. The highest BCUT2D eigenvalue weighted by molar-refractivity contribution is 5.99. The molecule has 0 aliphatic carbocycles. The van der Waals surface area contributed by atoms with E-state index in [1.807, 2.05) is 63.2 Å². The number of fused-ring (bicyclic) bond motifs is 3. The van der Waals surface area contributed by atoms with E-state index in [-0.39, 0.29) is 0 Å². The lowest BCUT2D eigenvalue weighted by atomic mass is 9.93. The monoisotopic (exact) mass is 407 g/mol. The van der Waals surface area contributed by atoms with Gasteiger partial charge in [0, 0.05) is 24.2 Å². The summed E-state index contributed by atoms with van der Waals surface area (Å²) in [5.41, 5.74) is 6.12. The molecule has 1 aliphatic heterocycles. The molecule has 1 N–H and O–H groups in total. The van der Waals surface area contributed by atoms with Crippen molar-refractivity contribution in [1.29, 1.82) is 0 Å². The van der Waals surface area contributed by atoms with Crippen LogP contribution in [0.4, 0.5) is 0 Å². The van der Waals surface area contributed by atoms with E-state index < -0.39 is 5.97 Å². The Balaban J connectivity index is 0.00000124. The van der Waals surface area contributed by atoms with Gasteiger partial charge >= 0.3 is 5.97 Å². The molecular formula is C25H29NO4. The van der Waals surface area contributed by atoms with Crippen LogP contribution in [0.2, 0.25) is 0 Å². The highest BCUT2D eigenvalue weighted by atomic mass is 16.5. The van der Waals surface area contributed by atoms with Gasteiger partial charge in [0.1, 0.15) is 0 Å². The predicted octanol–water partition coefficient (Wildman–Crippen LogP) is 5.35. The number of ether oxygens (including phenoxy) is 2. The van der Waals surface area contributed by atoms with Gasteiger partial charge in [-0.1, -0.05) is 44.2 Å². The predicted molar refractivity (Wildman–Crippen MR) is 119 cm³/mol. The maximum absolute atomic E-state index is 12.3. The van der Waals surface area contributed by atoms with E-state index >= 15 is 0 Å². The fraction of sp³-hybridized carbons (Fsp3) is 0.320. The van der Waals surface area contributed by atoms with Crippen molar-refractivity contribution >= 4 is 5.97 Å². The summed E-state index contributed by atoms with van der Waals surface area (Å²) in [6.45, 7) is 6.76. The third kappa shape index (κ3) is 3.67. The van der Waals surface area contributed by atoms with Gasteiger partial charge in [-0.3, -0.25) is 0 Å². The maximum atomic E-state index is 12.3. The minimum atomic E-state index is -0.898. The van der Waals surface area contributed by atoms with Gasteiger partial charge in [-0.2, -0.15) is 0 Å². The van der Waals surface area contributed by atoms with E-state index in [1.165, 1.54) is 0 Å². The Kier molecular flexibility index (Phi) is 6.50. The first-order valence-electron chi connectivity index (χ1n) is 10.3. The number of methoxy groups -OCH3 is 2. The number of carbonyl (C=O) groups is 1. The average Bonchev–Trinajstić information content (AvgIpc) is 3.07. The summed E-state index contributed by atoms with van der Waals surface area (Å²) in [7, 11) is 3.21. The van der Waals surface area contributed by atoms with Gasteiger partial charge in [-0.15, -0.1) is 0 Å². The average molecular weight is 408 g/mol. The van der Waals surface area contributed by atoms with Crippen molar-refractivity contribution in [3.05, 3.63) is 70.4 Å². The lowest BCUT2D eigenvalue weighted by Crippen LogP contribution is -2.14. The summed E-state index contributed by atoms with van der Waals surface area (Å²) in [6.07, 6.45) is 1.42. The maximum Gasteiger partial charge on any atom is 0.338 e. The van der Waals surface area contributed by atoms with Crippen LogP contribution in [0.5, 0.6) is 11.5 Å². The number of hydrogen-bond acceptors (Lipinski definition) is 3. The summed E-state index contributed by atoms with van der Waals surface area (Å²) in [4.78, 5) is 12.3. The molecule has 0 amide bonds. The van der Waals surface area contributed by atoms with Gasteiger partial charge in [0.05, 0.1) is 25.5 Å². The van der Waals surface area contributed by atoms with Crippen molar-refractivity contribution in [2.24, 2.45) is 0 Å². The Morgan fingerprint density at radius 1 is 1.07 bits per heavy atom. The second-order valence-corrected chi connectivity index (χ2v) is 7.02. The molecule has 158 valence electrons. The molecule has 1 aromatic heterocycles. The number of aryl methyl sites for hydroxylation is 1. The molecular weight excluding hydrogens is 378 g/mol. The van der Waals surface area contributed by atoms with Crippen LogP contribution in [-0.2, 0) is 19.4 Å². The number of aromatic nitrogens is 1. The molecule has 2 aromatic carbocycles. The lowest BCUT2D eigenvalue weighted by Gasteiger charge is -2.23. The number of carboxylic acid groups (broad SMARTS) is 1. The standard InChI is InChI=1S/C23H23NO4.C2H6/c1-14-17(11-15-7-5-4-6-8-15)21(23(25)26)22-18-13-20(28-3)19(27-2)12-16(18)9-10-24(14)22;1-2/h4-8,12-13H,9-11H2,1-3H3,(H,25,26);1-2H3. The van der Waals surface area contributed by atoms with Crippen LogP contribution < -0.4 is 9.47 Å². The van der Waals surface area contributed by atoms with E-state index in [1.54, 1.807) is 14.2 Å². The summed E-state index contributed by atoms with van der Waals surface area (Å²) in [6, 6.07) is 13.9. The molecule has 4 rings (SSSR count). The molecule has 5 nitrogen and oxygen atoms in total. The van der Waals surface area contributed by atoms with Crippen LogP contribution in [0.3, 0.4) is 0 Å². The van der Waals surface area contributed by atoms with Gasteiger partial charge in [0.2, 0.25) is 0 Å². The molecule has 0 radical (unpaired) electrons. The molecule has 0 bridgehead atoms. The van der Waals surface area contributed by atoms with Crippen LogP contribution >= 0.6 is 0 Å². The van der Waals surface area contributed by atoms with Gasteiger partial charge < -0.3 is 19.1 Å². The Bertz CT molecular complexity index is 1050. The summed E-state index contributed by atoms with van der Waals surface area (Å²) in [5, 5.41) is 10.1. The van der Waals surface area contributed by atoms with E-state index in [9.17, 15) is 9.90 Å². The molecule has 0 fully saturated rings. The second kappa shape index (κ2) is 9.08. The number of aromatic carboxylic acids is 1. The lowest BCUT2D eigenvalue weighted by molar-refractivity contribution is 0.0696. The van der Waals surface area contributed by atoms with Crippen LogP contribution in [0.25, 0.3) is 11.3 Å². The zero-order chi connectivity index (χ0) is 21.8. The molecule has 0 unspecified atom stereocenters. The first kappa shape index (κ1) is 21.5. The van der Waals surface area contributed by atoms with Crippen LogP contribution in [-0.4, -0.2) is 29.9 Å². The zero-order valence-electron chi connectivity index (χ0n) is 18.3. The van der Waals surface area contributed by atoms with Gasteiger partial charge in [-0.25, -0.2) is 4.79 Å². The molecule has 2 heterocycles. The second-order valence-electron chi connectivity index (χ2n) is 7.02. The molecule has 5 heteroatoms. The normalized spacial score (nSPS) is 11.6. The van der Waals surface area contributed by atoms with Gasteiger partial charge in [0.15, 0.2) is 11.5 Å². The van der Waals surface area contributed by atoms with Gasteiger partial charge in [-0.05, 0) is 42.2 Å². The van der Waals surface area contributed by atoms with Crippen molar-refractivity contribution in [2.75, 3.05) is 14.2 Å². The fourth-order valence-electron chi connectivity index (χ4n) is 4.18. The highest BCUT2D eigenvalue weighted by Gasteiger charge is 2.30. The van der Waals surface area contributed by atoms with E-state index in [0.717, 1.165) is 46.6 Å². The molecule has 0 saturated heterocycles. The van der Waals surface area contributed by atoms with Crippen molar-refractivity contribution in [2.45, 2.75) is 40.2 Å². The number of rotatable bonds is 5.